The minimum absolute atomic E-state index is 0.0883. The summed E-state index contributed by atoms with van der Waals surface area (Å²) >= 11 is 5.83. The molecule has 0 N–H and O–H groups in total. The van der Waals surface area contributed by atoms with Crippen LogP contribution in [-0.4, -0.2) is 31.8 Å². The summed E-state index contributed by atoms with van der Waals surface area (Å²) in [7, 11) is 0. The highest BCUT2D eigenvalue weighted by Gasteiger charge is 2.05. The first-order valence-electron chi connectivity index (χ1n) is 6.89. The van der Waals surface area contributed by atoms with Gasteiger partial charge in [-0.1, -0.05) is 23.4 Å². The van der Waals surface area contributed by atoms with Gasteiger partial charge in [0.1, 0.15) is 5.75 Å². The lowest BCUT2D eigenvalue weighted by atomic mass is 10.2. The summed E-state index contributed by atoms with van der Waals surface area (Å²) in [5, 5.41) is 0.601. The molecule has 122 valence electrons. The van der Waals surface area contributed by atoms with E-state index in [0.717, 1.165) is 5.56 Å². The van der Waals surface area contributed by atoms with Crippen LogP contribution in [0.15, 0.2) is 30.4 Å². The van der Waals surface area contributed by atoms with Crippen molar-refractivity contribution < 1.29 is 23.8 Å². The summed E-state index contributed by atoms with van der Waals surface area (Å²) in [5.74, 6) is 4.68. The number of carbonyl (C=O) groups is 2. The maximum Gasteiger partial charge on any atom is 0.345 e. The van der Waals surface area contributed by atoms with Gasteiger partial charge in [0.05, 0.1) is 6.61 Å². The minimum atomic E-state index is -0.539. The highest BCUT2D eigenvalue weighted by Crippen LogP contribution is 2.21. The topological polar surface area (TPSA) is 61.8 Å². The summed E-state index contributed by atoms with van der Waals surface area (Å²) in [6.07, 6.45) is 2.53. The smallest absolute Gasteiger partial charge is 0.345 e. The number of ether oxygens (including phenoxy) is 3. The SMILES string of the molecule is CCOC(=O)C=CC#CCOC(=O)COc1ccc(Cl)cc1C. The molecule has 0 amide bonds. The van der Waals surface area contributed by atoms with E-state index >= 15 is 0 Å². The van der Waals surface area contributed by atoms with E-state index in [0.29, 0.717) is 17.4 Å². The van der Waals surface area contributed by atoms with E-state index in [9.17, 15) is 9.59 Å². The van der Waals surface area contributed by atoms with Gasteiger partial charge in [0, 0.05) is 11.1 Å². The van der Waals surface area contributed by atoms with Crippen molar-refractivity contribution in [2.45, 2.75) is 13.8 Å². The van der Waals surface area contributed by atoms with Crippen LogP contribution in [0.25, 0.3) is 0 Å². The maximum absolute atomic E-state index is 11.5. The fourth-order valence-corrected chi connectivity index (χ4v) is 1.70. The average molecular weight is 337 g/mol. The molecule has 0 aliphatic rings. The van der Waals surface area contributed by atoms with Gasteiger partial charge in [0.25, 0.3) is 0 Å². The van der Waals surface area contributed by atoms with Crippen LogP contribution in [0.5, 0.6) is 5.75 Å². The lowest BCUT2D eigenvalue weighted by Gasteiger charge is -2.08. The van der Waals surface area contributed by atoms with Gasteiger partial charge in [-0.3, -0.25) is 0 Å². The lowest BCUT2D eigenvalue weighted by Crippen LogP contribution is -2.15. The first-order valence-corrected chi connectivity index (χ1v) is 7.27. The third-order valence-corrected chi connectivity index (χ3v) is 2.71. The van der Waals surface area contributed by atoms with Crippen LogP contribution in [0.3, 0.4) is 0 Å². The fourth-order valence-electron chi connectivity index (χ4n) is 1.47. The minimum Gasteiger partial charge on any atom is -0.482 e. The van der Waals surface area contributed by atoms with Crippen LogP contribution < -0.4 is 4.74 Å². The van der Waals surface area contributed by atoms with Crippen molar-refractivity contribution in [1.29, 1.82) is 0 Å². The molecule has 0 saturated carbocycles. The van der Waals surface area contributed by atoms with Gasteiger partial charge in [-0.2, -0.15) is 0 Å². The number of hydrogen-bond donors (Lipinski definition) is 0. The Morgan fingerprint density at radius 1 is 1.30 bits per heavy atom. The highest BCUT2D eigenvalue weighted by atomic mass is 35.5. The number of rotatable bonds is 6. The first-order chi connectivity index (χ1) is 11.0. The van der Waals surface area contributed by atoms with E-state index in [4.69, 9.17) is 21.1 Å². The monoisotopic (exact) mass is 336 g/mol. The molecule has 0 radical (unpaired) electrons. The summed E-state index contributed by atoms with van der Waals surface area (Å²) in [5.41, 5.74) is 0.828. The molecule has 0 fully saturated rings. The Morgan fingerprint density at radius 2 is 2.09 bits per heavy atom. The Kier molecular flexibility index (Phi) is 8.33. The van der Waals surface area contributed by atoms with Gasteiger partial charge in [-0.15, -0.1) is 0 Å². The molecule has 0 heterocycles. The van der Waals surface area contributed by atoms with Crippen molar-refractivity contribution in [2.24, 2.45) is 0 Å². The van der Waals surface area contributed by atoms with Gasteiger partial charge in [0.15, 0.2) is 13.2 Å². The lowest BCUT2D eigenvalue weighted by molar-refractivity contribution is -0.144. The van der Waals surface area contributed by atoms with E-state index in [1.165, 1.54) is 12.2 Å². The summed E-state index contributed by atoms with van der Waals surface area (Å²) < 4.78 is 14.9. The van der Waals surface area contributed by atoms with Crippen LogP contribution in [0.4, 0.5) is 0 Å². The van der Waals surface area contributed by atoms with E-state index in [-0.39, 0.29) is 13.2 Å². The van der Waals surface area contributed by atoms with Crippen LogP contribution in [0.2, 0.25) is 5.02 Å². The Hall–Kier alpha value is -2.45. The van der Waals surface area contributed by atoms with E-state index in [2.05, 4.69) is 16.6 Å². The van der Waals surface area contributed by atoms with Crippen molar-refractivity contribution in [1.82, 2.24) is 0 Å². The maximum atomic E-state index is 11.5. The van der Waals surface area contributed by atoms with E-state index in [1.807, 2.05) is 6.92 Å². The first kappa shape index (κ1) is 18.6. The van der Waals surface area contributed by atoms with E-state index in [1.54, 1.807) is 25.1 Å². The molecule has 23 heavy (non-hydrogen) atoms. The molecule has 0 aliphatic heterocycles. The van der Waals surface area contributed by atoms with Crippen molar-refractivity contribution in [3.63, 3.8) is 0 Å². The van der Waals surface area contributed by atoms with Gasteiger partial charge in [-0.25, -0.2) is 9.59 Å². The van der Waals surface area contributed by atoms with Gasteiger partial charge >= 0.3 is 11.9 Å². The highest BCUT2D eigenvalue weighted by molar-refractivity contribution is 6.30. The molecule has 1 rings (SSSR count). The summed E-state index contributed by atoms with van der Waals surface area (Å²) in [6.45, 7) is 3.54. The summed E-state index contributed by atoms with van der Waals surface area (Å²) in [6, 6.07) is 5.10. The molecule has 0 spiro atoms. The Bertz CT molecular complexity index is 640. The second-order valence-electron chi connectivity index (χ2n) is 4.27. The van der Waals surface area contributed by atoms with Crippen molar-refractivity contribution in [2.75, 3.05) is 19.8 Å². The Morgan fingerprint density at radius 3 is 2.78 bits per heavy atom. The van der Waals surface area contributed by atoms with Crippen LogP contribution in [0, 0.1) is 18.8 Å². The zero-order chi connectivity index (χ0) is 17.1. The number of hydrogen-bond acceptors (Lipinski definition) is 5. The molecule has 0 bridgehead atoms. The predicted molar refractivity (Wildman–Crippen MR) is 86.2 cm³/mol. The molecule has 0 aromatic heterocycles. The normalized spacial score (nSPS) is 9.87. The zero-order valence-corrected chi connectivity index (χ0v) is 13.7. The second kappa shape index (κ2) is 10.3. The second-order valence-corrected chi connectivity index (χ2v) is 4.70. The number of benzene rings is 1. The molecule has 5 nitrogen and oxygen atoms in total. The van der Waals surface area contributed by atoms with Gasteiger partial charge < -0.3 is 14.2 Å². The zero-order valence-electron chi connectivity index (χ0n) is 12.9. The predicted octanol–water partition coefficient (Wildman–Crippen LogP) is 2.69. The van der Waals surface area contributed by atoms with Gasteiger partial charge in [0.2, 0.25) is 0 Å². The van der Waals surface area contributed by atoms with Crippen molar-refractivity contribution in [3.8, 4) is 17.6 Å². The number of aryl methyl sites for hydroxylation is 1. The van der Waals surface area contributed by atoms with Crippen LogP contribution >= 0.6 is 11.6 Å². The summed E-state index contributed by atoms with van der Waals surface area (Å²) in [4.78, 5) is 22.5. The van der Waals surface area contributed by atoms with E-state index < -0.39 is 11.9 Å². The van der Waals surface area contributed by atoms with Gasteiger partial charge in [-0.05, 0) is 43.7 Å². The molecule has 1 aromatic carbocycles. The molecule has 0 saturated heterocycles. The Labute approximate surface area is 140 Å². The molecule has 1 aromatic rings. The third-order valence-electron chi connectivity index (χ3n) is 2.48. The number of carbonyl (C=O) groups excluding carboxylic acids is 2. The molecular weight excluding hydrogens is 320 g/mol. The van der Waals surface area contributed by atoms with Crippen molar-refractivity contribution in [3.05, 3.63) is 40.9 Å². The van der Waals surface area contributed by atoms with Crippen molar-refractivity contribution >= 4 is 23.5 Å². The number of halogens is 1. The third kappa shape index (κ3) is 7.93. The number of allylic oxidation sites excluding steroid dienone is 1. The average Bonchev–Trinajstić information content (AvgIpc) is 2.50. The standard InChI is InChI=1S/C17H17ClO5/c1-3-21-16(19)7-5-4-6-10-22-17(20)12-23-15-9-8-14(18)11-13(15)2/h5,7-9,11H,3,10,12H2,1-2H3. The van der Waals surface area contributed by atoms with Crippen LogP contribution in [0.1, 0.15) is 12.5 Å². The number of esters is 2. The quantitative estimate of drug-likeness (QED) is 0.454. The Balaban J connectivity index is 2.29. The largest absolute Gasteiger partial charge is 0.482 e. The fraction of sp³-hybridized carbons (Fsp3) is 0.294. The molecule has 6 heteroatoms. The molecule has 0 aliphatic carbocycles. The molecular formula is C17H17ClO5. The van der Waals surface area contributed by atoms with Crippen LogP contribution in [-0.2, 0) is 19.1 Å². The molecule has 0 atom stereocenters. The molecule has 0 unspecified atom stereocenters.